The molecule has 3 aromatic rings. The monoisotopic (exact) mass is 396 g/mol. The molecule has 0 aliphatic rings. The van der Waals surface area contributed by atoms with E-state index in [2.05, 4.69) is 20.6 Å². The maximum absolute atomic E-state index is 12.6. The van der Waals surface area contributed by atoms with Crippen molar-refractivity contribution in [1.29, 1.82) is 0 Å². The number of ether oxygens (including phenoxy) is 1. The van der Waals surface area contributed by atoms with E-state index in [1.54, 1.807) is 30.3 Å². The van der Waals surface area contributed by atoms with Gasteiger partial charge in [0.2, 0.25) is 5.95 Å². The average Bonchev–Trinajstić information content (AvgIpc) is 2.64. The van der Waals surface area contributed by atoms with Crippen molar-refractivity contribution in [3.63, 3.8) is 0 Å². The lowest BCUT2D eigenvalue weighted by Gasteiger charge is -2.11. The predicted octanol–water partition coefficient (Wildman–Crippen LogP) is 5.22. The van der Waals surface area contributed by atoms with Crippen LogP contribution in [-0.2, 0) is 0 Å². The summed E-state index contributed by atoms with van der Waals surface area (Å²) in [7, 11) is 0. The summed E-state index contributed by atoms with van der Waals surface area (Å²) in [6, 6.07) is 16.0. The van der Waals surface area contributed by atoms with Crippen LogP contribution < -0.4 is 15.4 Å². The van der Waals surface area contributed by atoms with Crippen molar-refractivity contribution < 1.29 is 9.53 Å². The Hall–Kier alpha value is -3.12. The lowest BCUT2D eigenvalue weighted by Crippen LogP contribution is -2.15. The standard InChI is InChI=1S/C21H21ClN4O2/c1-13(2)28-18-10-8-16(9-11-18)24-20(27)19-12-14(3)23-21(26-19)25-17-6-4-15(22)5-7-17/h4-13H,1-3H3,(H,24,27)(H,23,25,26). The smallest absolute Gasteiger partial charge is 0.274 e. The molecule has 0 fully saturated rings. The van der Waals surface area contributed by atoms with E-state index in [4.69, 9.17) is 16.3 Å². The summed E-state index contributed by atoms with van der Waals surface area (Å²) in [5, 5.41) is 6.55. The number of aryl methyl sites for hydroxylation is 1. The number of amides is 1. The van der Waals surface area contributed by atoms with Gasteiger partial charge in [0.1, 0.15) is 11.4 Å². The van der Waals surface area contributed by atoms with Crippen LogP contribution in [0.4, 0.5) is 17.3 Å². The number of halogens is 1. The molecule has 0 atom stereocenters. The molecule has 0 aliphatic carbocycles. The van der Waals surface area contributed by atoms with E-state index in [0.717, 1.165) is 11.4 Å². The fraction of sp³-hybridized carbons (Fsp3) is 0.190. The second kappa shape index (κ2) is 8.71. The van der Waals surface area contributed by atoms with Gasteiger partial charge in [-0.15, -0.1) is 0 Å². The van der Waals surface area contributed by atoms with Crippen molar-refractivity contribution in [3.05, 3.63) is 71.0 Å². The fourth-order valence-electron chi connectivity index (χ4n) is 2.49. The molecular weight excluding hydrogens is 376 g/mol. The SMILES string of the molecule is Cc1cc(C(=O)Nc2ccc(OC(C)C)cc2)nc(Nc2ccc(Cl)cc2)n1. The number of benzene rings is 2. The Morgan fingerprint density at radius 1 is 1.00 bits per heavy atom. The topological polar surface area (TPSA) is 76.1 Å². The lowest BCUT2D eigenvalue weighted by atomic mass is 10.2. The first-order valence-corrected chi connectivity index (χ1v) is 9.23. The molecule has 0 aliphatic heterocycles. The van der Waals surface area contributed by atoms with Crippen LogP contribution in [0.1, 0.15) is 30.0 Å². The van der Waals surface area contributed by atoms with E-state index in [9.17, 15) is 4.79 Å². The molecule has 2 aromatic carbocycles. The minimum Gasteiger partial charge on any atom is -0.491 e. The predicted molar refractivity (Wildman–Crippen MR) is 112 cm³/mol. The van der Waals surface area contributed by atoms with Crippen LogP contribution >= 0.6 is 11.6 Å². The summed E-state index contributed by atoms with van der Waals surface area (Å²) < 4.78 is 5.60. The van der Waals surface area contributed by atoms with E-state index in [0.29, 0.717) is 22.4 Å². The Morgan fingerprint density at radius 2 is 1.64 bits per heavy atom. The van der Waals surface area contributed by atoms with Crippen molar-refractivity contribution in [2.75, 3.05) is 10.6 Å². The number of hydrogen-bond acceptors (Lipinski definition) is 5. The minimum atomic E-state index is -0.317. The Bertz CT molecular complexity index is 957. The van der Waals surface area contributed by atoms with E-state index >= 15 is 0 Å². The first kappa shape index (κ1) is 19.6. The summed E-state index contributed by atoms with van der Waals surface area (Å²) >= 11 is 5.90. The summed E-state index contributed by atoms with van der Waals surface area (Å²) in [5.74, 6) is 0.774. The highest BCUT2D eigenvalue weighted by Gasteiger charge is 2.12. The third-order valence-electron chi connectivity index (χ3n) is 3.67. The normalized spacial score (nSPS) is 10.6. The average molecular weight is 397 g/mol. The highest BCUT2D eigenvalue weighted by atomic mass is 35.5. The zero-order valence-corrected chi connectivity index (χ0v) is 16.6. The molecule has 0 saturated heterocycles. The Kier molecular flexibility index (Phi) is 6.11. The Labute approximate surface area is 168 Å². The lowest BCUT2D eigenvalue weighted by molar-refractivity contribution is 0.102. The summed E-state index contributed by atoms with van der Waals surface area (Å²) in [4.78, 5) is 21.2. The number of anilines is 3. The van der Waals surface area contributed by atoms with Gasteiger partial charge in [-0.2, -0.15) is 0 Å². The third-order valence-corrected chi connectivity index (χ3v) is 3.92. The van der Waals surface area contributed by atoms with E-state index in [1.807, 2.05) is 45.0 Å². The zero-order valence-electron chi connectivity index (χ0n) is 15.9. The number of nitrogens with one attached hydrogen (secondary N) is 2. The van der Waals surface area contributed by atoms with Gasteiger partial charge in [0.25, 0.3) is 5.91 Å². The molecule has 0 radical (unpaired) electrons. The van der Waals surface area contributed by atoms with Gasteiger partial charge in [-0.25, -0.2) is 9.97 Å². The second-order valence-corrected chi connectivity index (χ2v) is 6.93. The van der Waals surface area contributed by atoms with Crippen LogP contribution in [0.2, 0.25) is 5.02 Å². The number of hydrogen-bond donors (Lipinski definition) is 2. The Balaban J connectivity index is 1.72. The number of nitrogens with zero attached hydrogens (tertiary/aromatic N) is 2. The van der Waals surface area contributed by atoms with Gasteiger partial charge < -0.3 is 15.4 Å². The van der Waals surface area contributed by atoms with Gasteiger partial charge in [0.05, 0.1) is 6.10 Å². The molecule has 6 nitrogen and oxygen atoms in total. The molecule has 28 heavy (non-hydrogen) atoms. The number of carbonyl (C=O) groups is 1. The summed E-state index contributed by atoms with van der Waals surface area (Å²) in [6.45, 7) is 5.73. The molecule has 3 rings (SSSR count). The van der Waals surface area contributed by atoms with Crippen LogP contribution in [0.15, 0.2) is 54.6 Å². The molecule has 0 bridgehead atoms. The number of aromatic nitrogens is 2. The Morgan fingerprint density at radius 3 is 2.29 bits per heavy atom. The van der Waals surface area contributed by atoms with E-state index in [-0.39, 0.29) is 17.7 Å². The molecular formula is C21H21ClN4O2. The van der Waals surface area contributed by atoms with Gasteiger partial charge >= 0.3 is 0 Å². The van der Waals surface area contributed by atoms with Crippen molar-refractivity contribution in [2.45, 2.75) is 26.9 Å². The maximum atomic E-state index is 12.6. The summed E-state index contributed by atoms with van der Waals surface area (Å²) in [6.07, 6.45) is 0.0935. The molecule has 1 aromatic heterocycles. The number of carbonyl (C=O) groups excluding carboxylic acids is 1. The highest BCUT2D eigenvalue weighted by molar-refractivity contribution is 6.30. The fourth-order valence-corrected chi connectivity index (χ4v) is 2.61. The van der Waals surface area contributed by atoms with Crippen LogP contribution in [0.5, 0.6) is 5.75 Å². The number of rotatable bonds is 6. The van der Waals surface area contributed by atoms with Crippen molar-refractivity contribution in [1.82, 2.24) is 9.97 Å². The van der Waals surface area contributed by atoms with Crippen molar-refractivity contribution >= 4 is 34.8 Å². The van der Waals surface area contributed by atoms with Crippen LogP contribution in [0.25, 0.3) is 0 Å². The molecule has 2 N–H and O–H groups in total. The van der Waals surface area contributed by atoms with E-state index in [1.165, 1.54) is 0 Å². The van der Waals surface area contributed by atoms with E-state index < -0.39 is 0 Å². The van der Waals surface area contributed by atoms with Crippen LogP contribution in [0, 0.1) is 6.92 Å². The maximum Gasteiger partial charge on any atom is 0.274 e. The quantitative estimate of drug-likeness (QED) is 0.597. The third kappa shape index (κ3) is 5.44. The zero-order chi connectivity index (χ0) is 20.1. The molecule has 7 heteroatoms. The summed E-state index contributed by atoms with van der Waals surface area (Å²) in [5.41, 5.74) is 2.38. The van der Waals surface area contributed by atoms with Crippen molar-refractivity contribution in [2.24, 2.45) is 0 Å². The largest absolute Gasteiger partial charge is 0.491 e. The second-order valence-electron chi connectivity index (χ2n) is 6.50. The molecule has 1 amide bonds. The first-order chi connectivity index (χ1) is 13.4. The first-order valence-electron chi connectivity index (χ1n) is 8.85. The van der Waals surface area contributed by atoms with Crippen LogP contribution in [0.3, 0.4) is 0 Å². The minimum absolute atomic E-state index is 0.0935. The molecule has 1 heterocycles. The highest BCUT2D eigenvalue weighted by Crippen LogP contribution is 2.19. The molecule has 0 unspecified atom stereocenters. The van der Waals surface area contributed by atoms with Gasteiger partial charge in [-0.05, 0) is 75.4 Å². The van der Waals surface area contributed by atoms with Gasteiger partial charge in [-0.3, -0.25) is 4.79 Å². The van der Waals surface area contributed by atoms with Crippen LogP contribution in [-0.4, -0.2) is 22.0 Å². The molecule has 144 valence electrons. The van der Waals surface area contributed by atoms with Crippen molar-refractivity contribution in [3.8, 4) is 5.75 Å². The molecule has 0 spiro atoms. The van der Waals surface area contributed by atoms with Gasteiger partial charge in [0, 0.05) is 22.1 Å². The molecule has 0 saturated carbocycles. The van der Waals surface area contributed by atoms with Gasteiger partial charge in [0.15, 0.2) is 0 Å². The van der Waals surface area contributed by atoms with Gasteiger partial charge in [-0.1, -0.05) is 11.6 Å².